The van der Waals surface area contributed by atoms with Gasteiger partial charge in [0, 0.05) is 12.4 Å². The van der Waals surface area contributed by atoms with E-state index in [9.17, 15) is 4.79 Å². The average Bonchev–Trinajstić information content (AvgIpc) is 2.75. The number of benzene rings is 2. The first kappa shape index (κ1) is 22.7. The summed E-state index contributed by atoms with van der Waals surface area (Å²) in [5.74, 6) is 0.927. The first-order chi connectivity index (χ1) is 13.9. The molecule has 28 heavy (non-hydrogen) atoms. The fourth-order valence-corrected chi connectivity index (χ4v) is 4.18. The molecule has 2 rings (SSSR count). The monoisotopic (exact) mass is 398 g/mol. The highest BCUT2D eigenvalue weighted by Gasteiger charge is 2.07. The van der Waals surface area contributed by atoms with E-state index in [1.54, 1.807) is 11.8 Å². The Hall–Kier alpha value is -1.58. The van der Waals surface area contributed by atoms with Crippen molar-refractivity contribution in [2.45, 2.75) is 69.0 Å². The van der Waals surface area contributed by atoms with Crippen LogP contribution in [0.1, 0.15) is 62.5 Å². The maximum absolute atomic E-state index is 11.3. The Labute approximate surface area is 175 Å². The molecule has 0 amide bonds. The van der Waals surface area contributed by atoms with Gasteiger partial charge in [-0.05, 0) is 24.0 Å². The van der Waals surface area contributed by atoms with E-state index < -0.39 is 0 Å². The van der Waals surface area contributed by atoms with Gasteiger partial charge in [-0.2, -0.15) is 0 Å². The molecule has 0 radical (unpaired) electrons. The van der Waals surface area contributed by atoms with Crippen LogP contribution in [0.3, 0.4) is 0 Å². The number of carbonyl (C=O) groups excluding carboxylic acids is 1. The van der Waals surface area contributed by atoms with Gasteiger partial charge in [-0.3, -0.25) is 0 Å². The molecule has 0 aliphatic heterocycles. The Kier molecular flexibility index (Phi) is 12.5. The molecule has 2 aromatic carbocycles. The van der Waals surface area contributed by atoms with E-state index in [1.807, 2.05) is 12.1 Å². The van der Waals surface area contributed by atoms with Crippen molar-refractivity contribution in [3.63, 3.8) is 0 Å². The van der Waals surface area contributed by atoms with Crippen LogP contribution < -0.4 is 0 Å². The summed E-state index contributed by atoms with van der Waals surface area (Å²) in [4.78, 5) is 11.3. The van der Waals surface area contributed by atoms with Crippen molar-refractivity contribution in [3.8, 4) is 0 Å². The lowest BCUT2D eigenvalue weighted by Crippen LogP contribution is -2.04. The predicted molar refractivity (Wildman–Crippen MR) is 121 cm³/mol. The molecule has 1 atom stereocenters. The Balaban J connectivity index is 1.38. The minimum Gasteiger partial charge on any atom is -0.377 e. The van der Waals surface area contributed by atoms with E-state index in [1.165, 1.54) is 43.2 Å². The molecule has 0 bridgehead atoms. The Bertz CT molecular complexity index is 615. The summed E-state index contributed by atoms with van der Waals surface area (Å²) in [6.07, 6.45) is 10.8. The van der Waals surface area contributed by atoms with Gasteiger partial charge in [-0.1, -0.05) is 99.2 Å². The standard InChI is InChI=1S/C25H34O2S/c26-20-25(28-22-24-16-10-7-11-17-24)18-12-4-2-1-3-5-13-19-27-21-23-14-8-6-9-15-23/h6-11,14-17,20,25H,1-5,12-13,18-19,21-22H2. The van der Waals surface area contributed by atoms with Gasteiger partial charge < -0.3 is 9.53 Å². The second kappa shape index (κ2) is 15.4. The normalized spacial score (nSPS) is 12.0. The van der Waals surface area contributed by atoms with E-state index >= 15 is 0 Å². The molecular weight excluding hydrogens is 364 g/mol. The highest BCUT2D eigenvalue weighted by molar-refractivity contribution is 7.99. The number of ether oxygens (including phenoxy) is 1. The third-order valence-corrected chi connectivity index (χ3v) is 6.12. The van der Waals surface area contributed by atoms with E-state index in [0.29, 0.717) is 0 Å². The van der Waals surface area contributed by atoms with Gasteiger partial charge in [0.25, 0.3) is 0 Å². The van der Waals surface area contributed by atoms with Crippen LogP contribution in [0.25, 0.3) is 0 Å². The van der Waals surface area contributed by atoms with Crippen LogP contribution in [0, 0.1) is 0 Å². The number of unbranched alkanes of at least 4 members (excludes halogenated alkanes) is 6. The predicted octanol–water partition coefficient (Wildman–Crippen LogP) is 6.82. The van der Waals surface area contributed by atoms with Gasteiger partial charge >= 0.3 is 0 Å². The molecule has 2 aromatic rings. The summed E-state index contributed by atoms with van der Waals surface area (Å²) in [6.45, 7) is 1.58. The topological polar surface area (TPSA) is 26.3 Å². The SMILES string of the molecule is O=CC(CCCCCCCCCOCc1ccccc1)SCc1ccccc1. The van der Waals surface area contributed by atoms with Gasteiger partial charge in [0.05, 0.1) is 11.9 Å². The molecule has 0 heterocycles. The first-order valence-electron chi connectivity index (χ1n) is 10.6. The molecule has 0 fully saturated rings. The van der Waals surface area contributed by atoms with Crippen LogP contribution in [0.15, 0.2) is 60.7 Å². The van der Waals surface area contributed by atoms with Crippen LogP contribution in [0.2, 0.25) is 0 Å². The van der Waals surface area contributed by atoms with E-state index in [-0.39, 0.29) is 5.25 Å². The Morgan fingerprint density at radius 2 is 1.32 bits per heavy atom. The molecule has 0 N–H and O–H groups in total. The second-order valence-corrected chi connectivity index (χ2v) is 8.50. The van der Waals surface area contributed by atoms with Crippen LogP contribution in [0.5, 0.6) is 0 Å². The molecular formula is C25H34O2S. The summed E-state index contributed by atoms with van der Waals surface area (Å²) in [5, 5.41) is 0.141. The maximum atomic E-state index is 11.3. The summed E-state index contributed by atoms with van der Waals surface area (Å²) in [6, 6.07) is 20.8. The van der Waals surface area contributed by atoms with Gasteiger partial charge in [0.2, 0.25) is 0 Å². The number of rotatable bonds is 16. The lowest BCUT2D eigenvalue weighted by molar-refractivity contribution is -0.107. The van der Waals surface area contributed by atoms with Crippen molar-refractivity contribution in [3.05, 3.63) is 71.8 Å². The van der Waals surface area contributed by atoms with Crippen LogP contribution in [-0.2, 0) is 21.9 Å². The zero-order valence-electron chi connectivity index (χ0n) is 16.9. The molecule has 0 aromatic heterocycles. The highest BCUT2D eigenvalue weighted by Crippen LogP contribution is 2.21. The molecule has 0 saturated carbocycles. The fourth-order valence-electron chi connectivity index (χ4n) is 3.17. The molecule has 0 saturated heterocycles. The summed E-state index contributed by atoms with van der Waals surface area (Å²) < 4.78 is 5.72. The molecule has 0 aliphatic carbocycles. The minimum absolute atomic E-state index is 0.141. The van der Waals surface area contributed by atoms with Crippen molar-refractivity contribution in [2.24, 2.45) is 0 Å². The molecule has 3 heteroatoms. The highest BCUT2D eigenvalue weighted by atomic mass is 32.2. The number of hydrogen-bond donors (Lipinski definition) is 0. The zero-order chi connectivity index (χ0) is 19.7. The van der Waals surface area contributed by atoms with Crippen LogP contribution >= 0.6 is 11.8 Å². The maximum Gasteiger partial charge on any atom is 0.132 e. The smallest absolute Gasteiger partial charge is 0.132 e. The Morgan fingerprint density at radius 1 is 0.750 bits per heavy atom. The molecule has 0 spiro atoms. The van der Waals surface area contributed by atoms with Crippen molar-refractivity contribution in [1.82, 2.24) is 0 Å². The van der Waals surface area contributed by atoms with Crippen LogP contribution in [-0.4, -0.2) is 18.1 Å². The lowest BCUT2D eigenvalue weighted by atomic mass is 10.1. The lowest BCUT2D eigenvalue weighted by Gasteiger charge is -2.10. The molecule has 2 nitrogen and oxygen atoms in total. The summed E-state index contributed by atoms with van der Waals surface area (Å²) in [5.41, 5.74) is 2.55. The fraction of sp³-hybridized carbons (Fsp3) is 0.480. The Morgan fingerprint density at radius 3 is 1.96 bits per heavy atom. The summed E-state index contributed by atoms with van der Waals surface area (Å²) in [7, 11) is 0. The van der Waals surface area contributed by atoms with E-state index in [0.717, 1.165) is 44.5 Å². The van der Waals surface area contributed by atoms with Crippen LogP contribution in [0.4, 0.5) is 0 Å². The van der Waals surface area contributed by atoms with Gasteiger partial charge in [0.1, 0.15) is 6.29 Å². The second-order valence-electron chi connectivity index (χ2n) is 7.27. The third kappa shape index (κ3) is 10.7. The van der Waals surface area contributed by atoms with Crippen molar-refractivity contribution in [1.29, 1.82) is 0 Å². The largest absolute Gasteiger partial charge is 0.377 e. The quantitative estimate of drug-likeness (QED) is 0.229. The number of aldehydes is 1. The minimum atomic E-state index is 0.141. The average molecular weight is 399 g/mol. The van der Waals surface area contributed by atoms with E-state index in [4.69, 9.17) is 4.74 Å². The zero-order valence-corrected chi connectivity index (χ0v) is 17.7. The number of hydrogen-bond acceptors (Lipinski definition) is 3. The van der Waals surface area contributed by atoms with Crippen molar-refractivity contribution >= 4 is 18.0 Å². The molecule has 152 valence electrons. The summed E-state index contributed by atoms with van der Waals surface area (Å²) >= 11 is 1.77. The van der Waals surface area contributed by atoms with Crippen molar-refractivity contribution < 1.29 is 9.53 Å². The number of thioether (sulfide) groups is 1. The first-order valence-corrected chi connectivity index (χ1v) is 11.7. The van der Waals surface area contributed by atoms with E-state index in [2.05, 4.69) is 48.5 Å². The van der Waals surface area contributed by atoms with Gasteiger partial charge in [-0.25, -0.2) is 0 Å². The molecule has 0 aliphatic rings. The van der Waals surface area contributed by atoms with Gasteiger partial charge in [-0.15, -0.1) is 11.8 Å². The third-order valence-electron chi connectivity index (χ3n) is 4.85. The van der Waals surface area contributed by atoms with Crippen molar-refractivity contribution in [2.75, 3.05) is 6.61 Å². The van der Waals surface area contributed by atoms with Gasteiger partial charge in [0.15, 0.2) is 0 Å². The number of carbonyl (C=O) groups is 1. The molecule has 1 unspecified atom stereocenters.